The molecule has 3 N–H and O–H groups in total. The van der Waals surface area contributed by atoms with Gasteiger partial charge >= 0.3 is 6.92 Å². The minimum absolute atomic E-state index is 0.203. The Balaban J connectivity index is 2.40. The van der Waals surface area contributed by atoms with Gasteiger partial charge in [0.1, 0.15) is 0 Å². The molecule has 2 aromatic carbocycles. The molecule has 2 rings (SSSR count). The standard InChI is InChI=1S/C15H16BNO2S/c17-14(10-20)15(18)12-8-4-5-9-13(12)16(19)11-6-2-1-3-7-11/h1-9,14,19-20H,10,17H2/t14-/m0/s1. The number of hydrogen-bond acceptors (Lipinski definition) is 4. The predicted octanol–water partition coefficient (Wildman–Crippen LogP) is 0.224. The molecule has 0 aromatic heterocycles. The Morgan fingerprint density at radius 2 is 1.75 bits per heavy atom. The summed E-state index contributed by atoms with van der Waals surface area (Å²) < 4.78 is 0. The van der Waals surface area contributed by atoms with Gasteiger partial charge in [-0.3, -0.25) is 4.79 Å². The maximum Gasteiger partial charge on any atom is 0.359 e. The van der Waals surface area contributed by atoms with E-state index in [0.717, 1.165) is 5.46 Å². The zero-order chi connectivity index (χ0) is 14.5. The number of rotatable bonds is 5. The lowest BCUT2D eigenvalue weighted by atomic mass is 9.54. The molecular formula is C15H16BNO2S. The summed E-state index contributed by atoms with van der Waals surface area (Å²) in [6.45, 7) is -0.844. The van der Waals surface area contributed by atoms with E-state index < -0.39 is 13.0 Å². The Morgan fingerprint density at radius 3 is 2.40 bits per heavy atom. The fourth-order valence-corrected chi connectivity index (χ4v) is 2.22. The van der Waals surface area contributed by atoms with Gasteiger partial charge in [0.25, 0.3) is 0 Å². The van der Waals surface area contributed by atoms with Gasteiger partial charge in [-0.05, 0) is 10.9 Å². The normalized spacial score (nSPS) is 11.9. The molecule has 0 spiro atoms. The number of nitrogens with two attached hydrogens (primary N) is 1. The van der Waals surface area contributed by atoms with E-state index in [2.05, 4.69) is 12.6 Å². The summed E-state index contributed by atoms with van der Waals surface area (Å²) in [5.41, 5.74) is 7.51. The van der Waals surface area contributed by atoms with Crippen LogP contribution in [0.1, 0.15) is 10.4 Å². The maximum atomic E-state index is 12.2. The molecule has 0 aliphatic rings. The van der Waals surface area contributed by atoms with Crippen LogP contribution in [-0.4, -0.2) is 29.5 Å². The molecule has 102 valence electrons. The van der Waals surface area contributed by atoms with E-state index in [1.54, 1.807) is 24.3 Å². The van der Waals surface area contributed by atoms with Gasteiger partial charge in [0, 0.05) is 11.3 Å². The van der Waals surface area contributed by atoms with Crippen molar-refractivity contribution in [2.75, 3.05) is 5.75 Å². The maximum absolute atomic E-state index is 12.2. The lowest BCUT2D eigenvalue weighted by Crippen LogP contribution is -2.46. The Bertz CT molecular complexity index is 591. The van der Waals surface area contributed by atoms with E-state index in [-0.39, 0.29) is 11.5 Å². The summed E-state index contributed by atoms with van der Waals surface area (Å²) in [5, 5.41) is 10.5. The third-order valence-corrected chi connectivity index (χ3v) is 3.56. The van der Waals surface area contributed by atoms with Gasteiger partial charge in [0.05, 0.1) is 6.04 Å². The molecule has 0 unspecified atom stereocenters. The van der Waals surface area contributed by atoms with E-state index in [0.29, 0.717) is 11.0 Å². The second-order valence-electron chi connectivity index (χ2n) is 4.55. The van der Waals surface area contributed by atoms with E-state index in [4.69, 9.17) is 5.73 Å². The van der Waals surface area contributed by atoms with Gasteiger partial charge in [-0.25, -0.2) is 0 Å². The molecule has 0 saturated heterocycles. The number of carbonyl (C=O) groups is 1. The molecule has 1 atom stereocenters. The molecule has 0 saturated carbocycles. The molecule has 5 heteroatoms. The largest absolute Gasteiger partial charge is 0.443 e. The molecule has 20 heavy (non-hydrogen) atoms. The summed E-state index contributed by atoms with van der Waals surface area (Å²) in [5.74, 6) is 0.0693. The van der Waals surface area contributed by atoms with Crippen molar-refractivity contribution in [1.29, 1.82) is 0 Å². The van der Waals surface area contributed by atoms with Crippen LogP contribution >= 0.6 is 12.6 Å². The van der Waals surface area contributed by atoms with Crippen LogP contribution in [-0.2, 0) is 0 Å². The van der Waals surface area contributed by atoms with Crippen molar-refractivity contribution >= 4 is 36.3 Å². The van der Waals surface area contributed by atoms with E-state index in [1.165, 1.54) is 0 Å². The van der Waals surface area contributed by atoms with Crippen LogP contribution in [0.25, 0.3) is 0 Å². The Hall–Kier alpha value is -1.56. The molecular weight excluding hydrogens is 269 g/mol. The molecule has 0 radical (unpaired) electrons. The van der Waals surface area contributed by atoms with Gasteiger partial charge < -0.3 is 10.8 Å². The predicted molar refractivity (Wildman–Crippen MR) is 86.3 cm³/mol. The molecule has 3 nitrogen and oxygen atoms in total. The van der Waals surface area contributed by atoms with Crippen LogP contribution in [0.5, 0.6) is 0 Å². The first-order valence-electron chi connectivity index (χ1n) is 6.37. The second kappa shape index (κ2) is 6.75. The molecule has 0 aliphatic carbocycles. The minimum Gasteiger partial charge on any atom is -0.443 e. The number of Topliss-reactive ketones (excluding diaryl/α,β-unsaturated/α-hetero) is 1. The van der Waals surface area contributed by atoms with Gasteiger partial charge in [-0.15, -0.1) is 0 Å². The third-order valence-electron chi connectivity index (χ3n) is 3.17. The van der Waals surface area contributed by atoms with Crippen molar-refractivity contribution in [3.8, 4) is 0 Å². The highest BCUT2D eigenvalue weighted by molar-refractivity contribution is 7.80. The van der Waals surface area contributed by atoms with Gasteiger partial charge in [0.15, 0.2) is 5.78 Å². The second-order valence-corrected chi connectivity index (χ2v) is 4.92. The number of ketones is 1. The smallest absolute Gasteiger partial charge is 0.359 e. The molecule has 0 heterocycles. The van der Waals surface area contributed by atoms with Crippen molar-refractivity contribution in [3.05, 3.63) is 60.2 Å². The average Bonchev–Trinajstić information content (AvgIpc) is 2.53. The van der Waals surface area contributed by atoms with Gasteiger partial charge in [-0.2, -0.15) is 12.6 Å². The van der Waals surface area contributed by atoms with Crippen molar-refractivity contribution in [2.45, 2.75) is 6.04 Å². The first kappa shape index (κ1) is 14.8. The zero-order valence-electron chi connectivity index (χ0n) is 10.9. The number of hydrogen-bond donors (Lipinski definition) is 3. The minimum atomic E-state index is -0.844. The Labute approximate surface area is 124 Å². The van der Waals surface area contributed by atoms with Crippen molar-refractivity contribution in [3.63, 3.8) is 0 Å². The van der Waals surface area contributed by atoms with Crippen LogP contribution in [0.4, 0.5) is 0 Å². The van der Waals surface area contributed by atoms with Crippen LogP contribution in [0.3, 0.4) is 0 Å². The van der Waals surface area contributed by atoms with Crippen molar-refractivity contribution in [2.24, 2.45) is 5.73 Å². The van der Waals surface area contributed by atoms with Crippen molar-refractivity contribution < 1.29 is 9.82 Å². The van der Waals surface area contributed by atoms with Crippen LogP contribution in [0.2, 0.25) is 0 Å². The highest BCUT2D eigenvalue weighted by Crippen LogP contribution is 2.03. The number of benzene rings is 2. The van der Waals surface area contributed by atoms with E-state index in [1.807, 2.05) is 30.3 Å². The van der Waals surface area contributed by atoms with E-state index >= 15 is 0 Å². The summed E-state index contributed by atoms with van der Waals surface area (Å²) in [4.78, 5) is 12.2. The molecule has 2 aromatic rings. The van der Waals surface area contributed by atoms with Gasteiger partial charge in [-0.1, -0.05) is 54.6 Å². The van der Waals surface area contributed by atoms with Gasteiger partial charge in [0.2, 0.25) is 0 Å². The molecule has 0 bridgehead atoms. The SMILES string of the molecule is N[C@@H](CS)C(=O)c1ccccc1B(O)c1ccccc1. The van der Waals surface area contributed by atoms with Crippen LogP contribution in [0.15, 0.2) is 54.6 Å². The highest BCUT2D eigenvalue weighted by atomic mass is 32.1. The lowest BCUT2D eigenvalue weighted by Gasteiger charge is -2.14. The Kier molecular flexibility index (Phi) is 5.01. The summed E-state index contributed by atoms with van der Waals surface area (Å²) >= 11 is 4.05. The number of thiol groups is 1. The summed E-state index contributed by atoms with van der Waals surface area (Å²) in [6, 6.07) is 15.6. The molecule has 0 fully saturated rings. The summed E-state index contributed by atoms with van der Waals surface area (Å²) in [6.07, 6.45) is 0. The quantitative estimate of drug-likeness (QED) is 0.418. The lowest BCUT2D eigenvalue weighted by molar-refractivity contribution is 0.0971. The molecule has 0 amide bonds. The zero-order valence-corrected chi connectivity index (χ0v) is 11.8. The Morgan fingerprint density at radius 1 is 1.15 bits per heavy atom. The monoisotopic (exact) mass is 285 g/mol. The van der Waals surface area contributed by atoms with Crippen LogP contribution in [0, 0.1) is 0 Å². The number of carbonyl (C=O) groups excluding carboxylic acids is 1. The van der Waals surface area contributed by atoms with E-state index in [9.17, 15) is 9.82 Å². The third kappa shape index (κ3) is 3.12. The molecule has 0 aliphatic heterocycles. The first-order valence-corrected chi connectivity index (χ1v) is 7.01. The van der Waals surface area contributed by atoms with Crippen molar-refractivity contribution in [1.82, 2.24) is 0 Å². The fraction of sp³-hybridized carbons (Fsp3) is 0.133. The topological polar surface area (TPSA) is 63.3 Å². The fourth-order valence-electron chi connectivity index (χ4n) is 2.06. The summed E-state index contributed by atoms with van der Waals surface area (Å²) in [7, 11) is 0. The highest BCUT2D eigenvalue weighted by Gasteiger charge is 2.24. The van der Waals surface area contributed by atoms with Crippen LogP contribution < -0.4 is 16.7 Å². The first-order chi connectivity index (χ1) is 9.65. The average molecular weight is 285 g/mol.